The van der Waals surface area contributed by atoms with E-state index in [0.717, 1.165) is 5.56 Å². The van der Waals surface area contributed by atoms with Gasteiger partial charge in [0.15, 0.2) is 5.56 Å². The Labute approximate surface area is 160 Å². The minimum Gasteiger partial charge on any atom is -0.490 e. The number of benzene rings is 1. The molecule has 2 aromatic rings. The van der Waals surface area contributed by atoms with Crippen LogP contribution in [0.5, 0.6) is 5.75 Å². The summed E-state index contributed by atoms with van der Waals surface area (Å²) in [4.78, 5) is 12.2. The summed E-state index contributed by atoms with van der Waals surface area (Å²) in [6, 6.07) is 10.2. The van der Waals surface area contributed by atoms with E-state index >= 15 is 0 Å². The van der Waals surface area contributed by atoms with E-state index in [2.05, 4.69) is 12.6 Å². The molecule has 0 saturated heterocycles. The van der Waals surface area contributed by atoms with E-state index < -0.39 is 0 Å². The number of aryl methyl sites for hydroxylation is 1. The molecule has 0 amide bonds. The molecule has 0 unspecified atom stereocenters. The topological polar surface area (TPSA) is 31.2 Å². The van der Waals surface area contributed by atoms with Gasteiger partial charge in [0.05, 0.1) is 0 Å². The number of nitrogens with zero attached hydrogens (tertiary/aromatic N) is 1. The second-order valence-corrected chi connectivity index (χ2v) is 5.02. The first-order valence-electron chi connectivity index (χ1n) is 6.74. The summed E-state index contributed by atoms with van der Waals surface area (Å²) in [6.07, 6.45) is 1.67. The number of halogens is 1. The van der Waals surface area contributed by atoms with Crippen molar-refractivity contribution in [3.63, 3.8) is 0 Å². The van der Waals surface area contributed by atoms with Gasteiger partial charge in [0, 0.05) is 39.3 Å². The first-order valence-corrected chi connectivity index (χ1v) is 7.12. The number of aromatic nitrogens is 1. The zero-order valence-electron chi connectivity index (χ0n) is 12.7. The molecular weight excluding hydrogens is 375 g/mol. The van der Waals surface area contributed by atoms with Crippen LogP contribution in [0.25, 0.3) is 11.3 Å². The van der Waals surface area contributed by atoms with Crippen LogP contribution in [0.4, 0.5) is 0 Å². The second-order valence-electron chi connectivity index (χ2n) is 4.61. The molecule has 1 radical (unpaired) electrons. The number of pyridine rings is 1. The first kappa shape index (κ1) is 19.2. The van der Waals surface area contributed by atoms with Crippen LogP contribution in [0.15, 0.2) is 41.7 Å². The summed E-state index contributed by atoms with van der Waals surface area (Å²) in [7, 11) is 0. The molecule has 1 aromatic carbocycles. The van der Waals surface area contributed by atoms with Crippen LogP contribution in [0.3, 0.4) is 0 Å². The maximum atomic E-state index is 12.2. The maximum Gasteiger partial charge on any atom is 0.197 e. The smallest absolute Gasteiger partial charge is 0.197 e. The van der Waals surface area contributed by atoms with E-state index in [1.54, 1.807) is 29.7 Å². The summed E-state index contributed by atoms with van der Waals surface area (Å²) < 4.78 is 7.11. The predicted molar refractivity (Wildman–Crippen MR) is 86.1 cm³/mol. The Bertz CT molecular complexity index is 725. The van der Waals surface area contributed by atoms with Crippen molar-refractivity contribution in [2.45, 2.75) is 20.4 Å². The predicted octanol–water partition coefficient (Wildman–Crippen LogP) is 3.86. The Morgan fingerprint density at radius 1 is 1.45 bits per heavy atom. The molecule has 0 N–H and O–H groups in total. The summed E-state index contributed by atoms with van der Waals surface area (Å²) in [5.41, 5.74) is 2.10. The first-order chi connectivity index (χ1) is 10.1. The summed E-state index contributed by atoms with van der Waals surface area (Å²) >= 11 is 6.32. The van der Waals surface area contributed by atoms with Crippen molar-refractivity contribution >= 4 is 11.6 Å². The minimum absolute atomic E-state index is 0. The fourth-order valence-electron chi connectivity index (χ4n) is 2.09. The number of hydrogen-bond donors (Lipinski definition) is 0. The normalized spacial score (nSPS) is 9.95. The second kappa shape index (κ2) is 8.66. The van der Waals surface area contributed by atoms with Gasteiger partial charge in [-0.25, -0.2) is 0 Å². The molecule has 0 aliphatic heterocycles. The Hall–Kier alpha value is -0.896. The van der Waals surface area contributed by atoms with Crippen LogP contribution in [0.1, 0.15) is 12.5 Å². The molecular formula is C17H17ClNO2Y-. The van der Waals surface area contributed by atoms with Gasteiger partial charge in [-0.05, 0) is 24.1 Å². The van der Waals surface area contributed by atoms with Crippen LogP contribution >= 0.6 is 11.6 Å². The molecule has 22 heavy (non-hydrogen) atoms. The minimum atomic E-state index is -0.0192. The Balaban J connectivity index is 0.00000242. The standard InChI is InChI=1S/C17H17ClNO2.Y/c1-4-10-21-13-7-8-14(15(18)11-13)16-9-6-12(3)17(20)19(16)5-2;/h4,6-8,11H,1,5,10H2,2-3H3;/q-1;. The molecule has 0 bridgehead atoms. The zero-order valence-corrected chi connectivity index (χ0v) is 16.3. The van der Waals surface area contributed by atoms with Gasteiger partial charge in [0.1, 0.15) is 12.4 Å². The molecule has 0 fully saturated rings. The van der Waals surface area contributed by atoms with Crippen LogP contribution < -0.4 is 10.3 Å². The van der Waals surface area contributed by atoms with Gasteiger partial charge < -0.3 is 9.30 Å². The SMILES string of the molecule is C=CCOc1ccc(-c2[c-]cc(C)c(=O)n2CC)c(Cl)c1.[Y]. The molecule has 2 rings (SSSR count). The monoisotopic (exact) mass is 391 g/mol. The third-order valence-electron chi connectivity index (χ3n) is 3.16. The summed E-state index contributed by atoms with van der Waals surface area (Å²) in [6.45, 7) is 8.30. The number of rotatable bonds is 5. The molecule has 0 spiro atoms. The molecule has 1 heterocycles. The van der Waals surface area contributed by atoms with Crippen molar-refractivity contribution in [3.8, 4) is 17.0 Å². The van der Waals surface area contributed by atoms with E-state index in [4.69, 9.17) is 16.3 Å². The van der Waals surface area contributed by atoms with Gasteiger partial charge in [-0.3, -0.25) is 4.79 Å². The van der Waals surface area contributed by atoms with Crippen molar-refractivity contribution in [3.05, 3.63) is 63.9 Å². The molecule has 0 aliphatic rings. The average Bonchev–Trinajstić information content (AvgIpc) is 2.48. The van der Waals surface area contributed by atoms with E-state index in [0.29, 0.717) is 35.2 Å². The van der Waals surface area contributed by atoms with Crippen molar-refractivity contribution in [1.29, 1.82) is 0 Å². The van der Waals surface area contributed by atoms with Crippen LogP contribution in [0, 0.1) is 13.0 Å². The summed E-state index contributed by atoms with van der Waals surface area (Å²) in [5.74, 6) is 0.668. The quantitative estimate of drug-likeness (QED) is 0.572. The fourth-order valence-corrected chi connectivity index (χ4v) is 2.35. The van der Waals surface area contributed by atoms with Gasteiger partial charge >= 0.3 is 0 Å². The Kier molecular flexibility index (Phi) is 7.54. The van der Waals surface area contributed by atoms with E-state index in [1.165, 1.54) is 0 Å². The molecule has 0 saturated carbocycles. The molecule has 5 heteroatoms. The third kappa shape index (κ3) is 4.09. The molecule has 0 aliphatic carbocycles. The van der Waals surface area contributed by atoms with Crippen molar-refractivity contribution in [2.24, 2.45) is 0 Å². The number of hydrogen-bond acceptors (Lipinski definition) is 2. The van der Waals surface area contributed by atoms with Crippen molar-refractivity contribution in [2.75, 3.05) is 6.61 Å². The third-order valence-corrected chi connectivity index (χ3v) is 3.47. The van der Waals surface area contributed by atoms with Gasteiger partial charge in [-0.2, -0.15) is 12.1 Å². The Morgan fingerprint density at radius 2 is 2.18 bits per heavy atom. The van der Waals surface area contributed by atoms with Crippen LogP contribution in [-0.2, 0) is 39.3 Å². The van der Waals surface area contributed by atoms with Crippen molar-refractivity contribution in [1.82, 2.24) is 4.57 Å². The van der Waals surface area contributed by atoms with Gasteiger partial charge in [-0.15, -0.1) is 6.07 Å². The largest absolute Gasteiger partial charge is 0.490 e. The molecule has 113 valence electrons. The van der Waals surface area contributed by atoms with Gasteiger partial charge in [0.25, 0.3) is 0 Å². The van der Waals surface area contributed by atoms with Crippen LogP contribution in [0.2, 0.25) is 5.02 Å². The van der Waals surface area contributed by atoms with E-state index in [-0.39, 0.29) is 38.3 Å². The number of ether oxygens (including phenoxy) is 1. The van der Waals surface area contributed by atoms with E-state index in [1.807, 2.05) is 19.1 Å². The van der Waals surface area contributed by atoms with Gasteiger partial charge in [-0.1, -0.05) is 48.0 Å². The Morgan fingerprint density at radius 3 is 2.77 bits per heavy atom. The van der Waals surface area contributed by atoms with E-state index in [9.17, 15) is 4.79 Å². The average molecular weight is 392 g/mol. The molecule has 3 nitrogen and oxygen atoms in total. The van der Waals surface area contributed by atoms with Gasteiger partial charge in [0.2, 0.25) is 0 Å². The van der Waals surface area contributed by atoms with Crippen molar-refractivity contribution < 1.29 is 37.4 Å². The molecule has 0 atom stereocenters. The zero-order chi connectivity index (χ0) is 15.4. The maximum absolute atomic E-state index is 12.2. The fraction of sp³-hybridized carbons (Fsp3) is 0.235. The van der Waals surface area contributed by atoms with Crippen LogP contribution in [-0.4, -0.2) is 11.2 Å². The summed E-state index contributed by atoms with van der Waals surface area (Å²) in [5, 5.41) is 0.526. The molecule has 1 aromatic heterocycles.